The Hall–Kier alpha value is -0.990. The van der Waals surface area contributed by atoms with Crippen LogP contribution in [0.4, 0.5) is 0 Å². The molecule has 0 amide bonds. The van der Waals surface area contributed by atoms with Crippen molar-refractivity contribution < 1.29 is 4.74 Å². The van der Waals surface area contributed by atoms with E-state index in [1.807, 2.05) is 38.4 Å². The highest BCUT2D eigenvalue weighted by atomic mass is 16.5. The second-order valence-corrected chi connectivity index (χ2v) is 2.09. The Kier molecular flexibility index (Phi) is 7.07. The minimum Gasteiger partial charge on any atom is -0.478 e. The molecule has 0 saturated heterocycles. The van der Waals surface area contributed by atoms with E-state index in [1.54, 1.807) is 6.20 Å². The lowest BCUT2D eigenvalue weighted by Gasteiger charge is -2.13. The van der Waals surface area contributed by atoms with Crippen LogP contribution < -0.4 is 4.74 Å². The average Bonchev–Trinajstić information content (AvgIpc) is 2.71. The van der Waals surface area contributed by atoms with Crippen LogP contribution >= 0.6 is 0 Å². The zero-order valence-electron chi connectivity index (χ0n) is 9.08. The van der Waals surface area contributed by atoms with Crippen molar-refractivity contribution in [3.8, 4) is 5.88 Å². The SMILES string of the molecule is CC.CC.c1cc2n(n1)CCCO2. The van der Waals surface area contributed by atoms with E-state index in [9.17, 15) is 0 Å². The van der Waals surface area contributed by atoms with E-state index in [2.05, 4.69) is 5.10 Å². The summed E-state index contributed by atoms with van der Waals surface area (Å²) in [6.07, 6.45) is 2.84. The summed E-state index contributed by atoms with van der Waals surface area (Å²) >= 11 is 0. The molecule has 1 aromatic rings. The van der Waals surface area contributed by atoms with E-state index < -0.39 is 0 Å². The van der Waals surface area contributed by atoms with Crippen molar-refractivity contribution in [2.45, 2.75) is 40.7 Å². The molecule has 0 bridgehead atoms. The molecule has 2 heterocycles. The molecule has 0 unspecified atom stereocenters. The van der Waals surface area contributed by atoms with Gasteiger partial charge in [-0.05, 0) is 0 Å². The fraction of sp³-hybridized carbons (Fsp3) is 0.700. The zero-order chi connectivity index (χ0) is 10.1. The Balaban J connectivity index is 0.000000322. The van der Waals surface area contributed by atoms with Gasteiger partial charge >= 0.3 is 0 Å². The Morgan fingerprint density at radius 1 is 1.31 bits per heavy atom. The minimum absolute atomic E-state index is 0.839. The molecule has 0 aliphatic carbocycles. The Labute approximate surface area is 80.7 Å². The molecule has 1 aliphatic heterocycles. The van der Waals surface area contributed by atoms with Crippen LogP contribution in [0, 0.1) is 0 Å². The third kappa shape index (κ3) is 3.49. The molecular formula is C10H20N2O. The Morgan fingerprint density at radius 2 is 2.00 bits per heavy atom. The summed E-state index contributed by atoms with van der Waals surface area (Å²) in [5.74, 6) is 0.904. The van der Waals surface area contributed by atoms with Crippen molar-refractivity contribution in [2.75, 3.05) is 6.61 Å². The van der Waals surface area contributed by atoms with Crippen LogP contribution in [0.5, 0.6) is 5.88 Å². The van der Waals surface area contributed by atoms with Gasteiger partial charge in [0.15, 0.2) is 0 Å². The van der Waals surface area contributed by atoms with E-state index in [-0.39, 0.29) is 0 Å². The first-order chi connectivity index (χ1) is 6.47. The van der Waals surface area contributed by atoms with E-state index in [4.69, 9.17) is 4.74 Å². The maximum absolute atomic E-state index is 5.26. The quantitative estimate of drug-likeness (QED) is 0.620. The molecule has 0 N–H and O–H groups in total. The maximum atomic E-state index is 5.26. The lowest BCUT2D eigenvalue weighted by atomic mass is 10.4. The lowest BCUT2D eigenvalue weighted by molar-refractivity contribution is 0.230. The normalized spacial score (nSPS) is 12.3. The van der Waals surface area contributed by atoms with E-state index in [0.29, 0.717) is 0 Å². The maximum Gasteiger partial charge on any atom is 0.211 e. The van der Waals surface area contributed by atoms with Gasteiger partial charge in [0, 0.05) is 19.0 Å². The number of nitrogens with zero attached hydrogens (tertiary/aromatic N) is 2. The molecule has 3 nitrogen and oxygen atoms in total. The molecule has 1 aromatic heterocycles. The Bertz CT molecular complexity index is 188. The van der Waals surface area contributed by atoms with Crippen LogP contribution in [0.2, 0.25) is 0 Å². The van der Waals surface area contributed by atoms with Crippen LogP contribution in [0.15, 0.2) is 12.3 Å². The topological polar surface area (TPSA) is 27.1 Å². The third-order valence-electron chi connectivity index (χ3n) is 1.44. The summed E-state index contributed by atoms with van der Waals surface area (Å²) in [7, 11) is 0. The summed E-state index contributed by atoms with van der Waals surface area (Å²) in [4.78, 5) is 0. The van der Waals surface area contributed by atoms with Crippen LogP contribution in [-0.4, -0.2) is 16.4 Å². The van der Waals surface area contributed by atoms with Gasteiger partial charge < -0.3 is 4.74 Å². The van der Waals surface area contributed by atoms with Gasteiger partial charge in [-0.3, -0.25) is 0 Å². The first kappa shape index (κ1) is 12.0. The predicted octanol–water partition coefficient (Wildman–Crippen LogP) is 2.72. The molecule has 2 rings (SSSR count). The first-order valence-corrected chi connectivity index (χ1v) is 5.11. The number of aromatic nitrogens is 2. The highest BCUT2D eigenvalue weighted by Gasteiger charge is 2.07. The second kappa shape index (κ2) is 7.65. The van der Waals surface area contributed by atoms with Crippen molar-refractivity contribution >= 4 is 0 Å². The monoisotopic (exact) mass is 184 g/mol. The number of aryl methyl sites for hydroxylation is 1. The molecule has 0 radical (unpaired) electrons. The zero-order valence-corrected chi connectivity index (χ0v) is 9.08. The minimum atomic E-state index is 0.839. The summed E-state index contributed by atoms with van der Waals surface area (Å²) in [6.45, 7) is 9.84. The van der Waals surface area contributed by atoms with Crippen molar-refractivity contribution in [3.63, 3.8) is 0 Å². The summed E-state index contributed by atoms with van der Waals surface area (Å²) in [6, 6.07) is 1.89. The van der Waals surface area contributed by atoms with E-state index >= 15 is 0 Å². The molecular weight excluding hydrogens is 164 g/mol. The molecule has 0 saturated carbocycles. The fourth-order valence-electron chi connectivity index (χ4n) is 1.00. The molecule has 3 heteroatoms. The number of hydrogen-bond donors (Lipinski definition) is 0. The van der Waals surface area contributed by atoms with Crippen molar-refractivity contribution in [1.82, 2.24) is 9.78 Å². The fourth-order valence-corrected chi connectivity index (χ4v) is 1.00. The summed E-state index contributed by atoms with van der Waals surface area (Å²) < 4.78 is 7.14. The van der Waals surface area contributed by atoms with Gasteiger partial charge in [0.05, 0.1) is 12.8 Å². The van der Waals surface area contributed by atoms with Gasteiger partial charge in [0.25, 0.3) is 0 Å². The van der Waals surface area contributed by atoms with Gasteiger partial charge in [0.2, 0.25) is 5.88 Å². The number of fused-ring (bicyclic) bond motifs is 1. The van der Waals surface area contributed by atoms with Crippen molar-refractivity contribution in [1.29, 1.82) is 0 Å². The van der Waals surface area contributed by atoms with Gasteiger partial charge in [-0.15, -0.1) is 0 Å². The largest absolute Gasteiger partial charge is 0.478 e. The highest BCUT2D eigenvalue weighted by Crippen LogP contribution is 2.13. The van der Waals surface area contributed by atoms with Gasteiger partial charge in [-0.1, -0.05) is 27.7 Å². The Morgan fingerprint density at radius 3 is 2.62 bits per heavy atom. The lowest BCUT2D eigenvalue weighted by Crippen LogP contribution is -2.14. The highest BCUT2D eigenvalue weighted by molar-refractivity contribution is 5.08. The molecule has 1 aliphatic rings. The molecule has 0 atom stereocenters. The molecule has 13 heavy (non-hydrogen) atoms. The van der Waals surface area contributed by atoms with Gasteiger partial charge in [0.1, 0.15) is 0 Å². The van der Waals surface area contributed by atoms with Crippen LogP contribution in [-0.2, 0) is 6.54 Å². The molecule has 0 aromatic carbocycles. The third-order valence-corrected chi connectivity index (χ3v) is 1.44. The summed E-state index contributed by atoms with van der Waals surface area (Å²) in [5, 5.41) is 4.05. The smallest absolute Gasteiger partial charge is 0.211 e. The number of ether oxygens (including phenoxy) is 1. The molecule has 0 spiro atoms. The predicted molar refractivity (Wildman–Crippen MR) is 55.0 cm³/mol. The second-order valence-electron chi connectivity index (χ2n) is 2.09. The first-order valence-electron chi connectivity index (χ1n) is 5.11. The van der Waals surface area contributed by atoms with Crippen molar-refractivity contribution in [3.05, 3.63) is 12.3 Å². The molecule has 0 fully saturated rings. The van der Waals surface area contributed by atoms with E-state index in [0.717, 1.165) is 25.5 Å². The van der Waals surface area contributed by atoms with Crippen LogP contribution in [0.1, 0.15) is 34.1 Å². The van der Waals surface area contributed by atoms with Crippen LogP contribution in [0.3, 0.4) is 0 Å². The average molecular weight is 184 g/mol. The van der Waals surface area contributed by atoms with Crippen molar-refractivity contribution in [2.24, 2.45) is 0 Å². The van der Waals surface area contributed by atoms with Gasteiger partial charge in [-0.25, -0.2) is 4.68 Å². The number of rotatable bonds is 0. The van der Waals surface area contributed by atoms with Gasteiger partial charge in [-0.2, -0.15) is 5.10 Å². The molecule has 76 valence electrons. The number of hydrogen-bond acceptors (Lipinski definition) is 2. The summed E-state index contributed by atoms with van der Waals surface area (Å²) in [5.41, 5.74) is 0. The van der Waals surface area contributed by atoms with E-state index in [1.165, 1.54) is 0 Å². The van der Waals surface area contributed by atoms with Crippen LogP contribution in [0.25, 0.3) is 0 Å². The standard InChI is InChI=1S/C6H8N2O.2C2H6/c1-4-8-6(9-5-1)2-3-7-8;2*1-2/h2-3H,1,4-5H2;2*1-2H3.